The zero-order valence-electron chi connectivity index (χ0n) is 16.7. The van der Waals surface area contributed by atoms with Crippen LogP contribution in [0.1, 0.15) is 27.7 Å². The number of para-hydroxylation sites is 1. The molecule has 0 amide bonds. The van der Waals surface area contributed by atoms with Gasteiger partial charge < -0.3 is 14.4 Å². The highest BCUT2D eigenvalue weighted by Gasteiger charge is 2.28. The van der Waals surface area contributed by atoms with E-state index in [4.69, 9.17) is 9.47 Å². The lowest BCUT2D eigenvalue weighted by Crippen LogP contribution is -2.48. The number of thiophene rings is 1. The Kier molecular flexibility index (Phi) is 5.43. The van der Waals surface area contributed by atoms with Crippen molar-refractivity contribution >= 4 is 22.8 Å². The van der Waals surface area contributed by atoms with Crippen LogP contribution >= 0.6 is 11.3 Å². The highest BCUT2D eigenvalue weighted by atomic mass is 32.1. The number of hydrogen-bond acceptors (Lipinski definition) is 6. The summed E-state index contributed by atoms with van der Waals surface area (Å²) in [6.45, 7) is 4.02. The molecule has 0 N–H and O–H groups in total. The van der Waals surface area contributed by atoms with Crippen LogP contribution < -0.4 is 14.4 Å². The number of ketones is 1. The molecule has 5 rings (SSSR count). The quantitative estimate of drug-likeness (QED) is 0.545. The number of hydrogen-bond donors (Lipinski definition) is 0. The van der Waals surface area contributed by atoms with Crippen molar-refractivity contribution in [3.05, 3.63) is 76.5 Å². The maximum Gasteiger partial charge on any atom is 0.231 e. The van der Waals surface area contributed by atoms with Gasteiger partial charge >= 0.3 is 0 Å². The Morgan fingerprint density at radius 2 is 1.73 bits per heavy atom. The molecule has 1 saturated heterocycles. The van der Waals surface area contributed by atoms with E-state index in [1.54, 1.807) is 11.3 Å². The van der Waals surface area contributed by atoms with Crippen molar-refractivity contribution in [3.63, 3.8) is 0 Å². The van der Waals surface area contributed by atoms with Gasteiger partial charge in [0, 0.05) is 48.7 Å². The smallest absolute Gasteiger partial charge is 0.231 e. The predicted molar refractivity (Wildman–Crippen MR) is 119 cm³/mol. The van der Waals surface area contributed by atoms with E-state index in [0.29, 0.717) is 23.5 Å². The number of nitrogens with zero attached hydrogens (tertiary/aromatic N) is 2. The summed E-state index contributed by atoms with van der Waals surface area (Å²) in [6, 6.07) is 20.3. The van der Waals surface area contributed by atoms with Crippen LogP contribution in [0.25, 0.3) is 0 Å². The number of Topliss-reactive ketones (excluding diaryl/α,β-unsaturated/α-hetero) is 1. The van der Waals surface area contributed by atoms with Gasteiger partial charge in [0.05, 0.1) is 6.04 Å². The maximum atomic E-state index is 13.1. The first kappa shape index (κ1) is 19.2. The highest BCUT2D eigenvalue weighted by Crippen LogP contribution is 2.35. The minimum Gasteiger partial charge on any atom is -0.454 e. The number of piperazine rings is 1. The van der Waals surface area contributed by atoms with Crippen LogP contribution in [-0.4, -0.2) is 43.7 Å². The summed E-state index contributed by atoms with van der Waals surface area (Å²) in [4.78, 5) is 19.3. The molecule has 3 heterocycles. The maximum absolute atomic E-state index is 13.1. The molecule has 1 aromatic heterocycles. The fourth-order valence-electron chi connectivity index (χ4n) is 4.18. The second-order valence-electron chi connectivity index (χ2n) is 7.59. The highest BCUT2D eigenvalue weighted by molar-refractivity contribution is 7.10. The van der Waals surface area contributed by atoms with Gasteiger partial charge in [-0.3, -0.25) is 9.69 Å². The van der Waals surface area contributed by atoms with Gasteiger partial charge in [-0.1, -0.05) is 24.3 Å². The molecule has 0 bridgehead atoms. The number of ether oxygens (including phenoxy) is 2. The van der Waals surface area contributed by atoms with Gasteiger partial charge in [-0.2, -0.15) is 0 Å². The summed E-state index contributed by atoms with van der Waals surface area (Å²) in [7, 11) is 0. The molecule has 1 atom stereocenters. The van der Waals surface area contributed by atoms with E-state index in [9.17, 15) is 4.79 Å². The lowest BCUT2D eigenvalue weighted by atomic mass is 10.00. The van der Waals surface area contributed by atoms with Gasteiger partial charge in [-0.05, 0) is 41.8 Å². The Morgan fingerprint density at radius 1 is 0.933 bits per heavy atom. The summed E-state index contributed by atoms with van der Waals surface area (Å²) in [6.07, 6.45) is 0.464. The molecule has 0 radical (unpaired) electrons. The number of fused-ring (bicyclic) bond motifs is 1. The van der Waals surface area contributed by atoms with E-state index in [1.165, 1.54) is 10.6 Å². The van der Waals surface area contributed by atoms with E-state index in [1.807, 2.05) is 24.3 Å². The molecular formula is C24H24N2O3S. The number of carbonyl (C=O) groups is 1. The molecule has 3 aromatic rings. The van der Waals surface area contributed by atoms with Gasteiger partial charge in [0.2, 0.25) is 6.79 Å². The predicted octanol–water partition coefficient (Wildman–Crippen LogP) is 4.61. The van der Waals surface area contributed by atoms with Crippen LogP contribution in [0, 0.1) is 0 Å². The van der Waals surface area contributed by atoms with Gasteiger partial charge in [0.25, 0.3) is 0 Å². The average Bonchev–Trinajstić information content (AvgIpc) is 3.49. The molecule has 154 valence electrons. The van der Waals surface area contributed by atoms with Crippen LogP contribution in [0.4, 0.5) is 5.69 Å². The molecular weight excluding hydrogens is 396 g/mol. The van der Waals surface area contributed by atoms with Gasteiger partial charge in [-0.15, -0.1) is 11.3 Å². The first-order valence-electron chi connectivity index (χ1n) is 10.3. The Morgan fingerprint density at radius 3 is 2.50 bits per heavy atom. The Balaban J connectivity index is 1.30. The average molecular weight is 421 g/mol. The zero-order valence-corrected chi connectivity index (χ0v) is 17.5. The fraction of sp³-hybridized carbons (Fsp3) is 0.292. The lowest BCUT2D eigenvalue weighted by molar-refractivity contribution is 0.0912. The van der Waals surface area contributed by atoms with Crippen molar-refractivity contribution in [1.82, 2.24) is 4.90 Å². The molecule has 0 saturated carbocycles. The molecule has 30 heavy (non-hydrogen) atoms. The van der Waals surface area contributed by atoms with Crippen molar-refractivity contribution < 1.29 is 14.3 Å². The van der Waals surface area contributed by atoms with Gasteiger partial charge in [-0.25, -0.2) is 0 Å². The van der Waals surface area contributed by atoms with Gasteiger partial charge in [0.1, 0.15) is 0 Å². The molecule has 6 heteroatoms. The molecule has 2 aromatic carbocycles. The summed E-state index contributed by atoms with van der Waals surface area (Å²) in [5.74, 6) is 1.50. The second-order valence-corrected chi connectivity index (χ2v) is 8.56. The summed E-state index contributed by atoms with van der Waals surface area (Å²) >= 11 is 1.73. The lowest BCUT2D eigenvalue weighted by Gasteiger charge is -2.40. The Hall–Kier alpha value is -2.83. The van der Waals surface area contributed by atoms with Crippen LogP contribution in [0.2, 0.25) is 0 Å². The topological polar surface area (TPSA) is 42.0 Å². The minimum atomic E-state index is 0.0980. The molecule has 0 aliphatic carbocycles. The van der Waals surface area contributed by atoms with Crippen LogP contribution in [0.5, 0.6) is 11.5 Å². The third-order valence-electron chi connectivity index (χ3n) is 5.82. The molecule has 0 spiro atoms. The van der Waals surface area contributed by atoms with E-state index >= 15 is 0 Å². The molecule has 0 unspecified atom stereocenters. The van der Waals surface area contributed by atoms with E-state index < -0.39 is 0 Å². The molecule has 5 nitrogen and oxygen atoms in total. The third kappa shape index (κ3) is 3.93. The minimum absolute atomic E-state index is 0.0980. The van der Waals surface area contributed by atoms with Crippen molar-refractivity contribution in [2.45, 2.75) is 12.5 Å². The number of benzene rings is 2. The van der Waals surface area contributed by atoms with Crippen molar-refractivity contribution in [3.8, 4) is 11.5 Å². The Bertz CT molecular complexity index is 999. The van der Waals surface area contributed by atoms with E-state index in [0.717, 1.165) is 26.2 Å². The number of rotatable bonds is 6. The second kappa shape index (κ2) is 8.50. The van der Waals surface area contributed by atoms with Gasteiger partial charge in [0.15, 0.2) is 17.3 Å². The first-order valence-corrected chi connectivity index (χ1v) is 11.2. The normalized spacial score (nSPS) is 17.1. The number of carbonyl (C=O) groups excluding carboxylic acids is 1. The standard InChI is InChI=1S/C24H24N2O3S/c27-21(18-8-9-22-23(15-18)29-17-28-22)16-20(24-7-4-14-30-24)26-12-10-25(11-13-26)19-5-2-1-3-6-19/h1-9,14-15,20H,10-13,16-17H2/t20-/m0/s1. The van der Waals surface area contributed by atoms with Crippen molar-refractivity contribution in [1.29, 1.82) is 0 Å². The van der Waals surface area contributed by atoms with Crippen LogP contribution in [-0.2, 0) is 0 Å². The SMILES string of the molecule is O=C(C[C@@H](c1cccs1)N1CCN(c2ccccc2)CC1)c1ccc2c(c1)OCO2. The zero-order chi connectivity index (χ0) is 20.3. The van der Waals surface area contributed by atoms with Crippen LogP contribution in [0.3, 0.4) is 0 Å². The van der Waals surface area contributed by atoms with Crippen LogP contribution in [0.15, 0.2) is 66.0 Å². The summed E-state index contributed by atoms with van der Waals surface area (Å²) in [5.41, 5.74) is 1.95. The molecule has 2 aliphatic rings. The largest absolute Gasteiger partial charge is 0.454 e. The van der Waals surface area contributed by atoms with Crippen molar-refractivity contribution in [2.24, 2.45) is 0 Å². The fourth-order valence-corrected chi connectivity index (χ4v) is 5.05. The summed E-state index contributed by atoms with van der Waals surface area (Å²) in [5, 5.41) is 2.09. The van der Waals surface area contributed by atoms with E-state index in [2.05, 4.69) is 51.6 Å². The monoisotopic (exact) mass is 420 g/mol. The third-order valence-corrected chi connectivity index (χ3v) is 6.79. The number of anilines is 1. The molecule has 1 fully saturated rings. The molecule has 2 aliphatic heterocycles. The first-order chi connectivity index (χ1) is 14.8. The summed E-state index contributed by atoms with van der Waals surface area (Å²) < 4.78 is 10.8. The van der Waals surface area contributed by atoms with E-state index in [-0.39, 0.29) is 18.6 Å². The Labute approximate surface area is 180 Å². The van der Waals surface area contributed by atoms with Crippen molar-refractivity contribution in [2.75, 3.05) is 37.9 Å².